The highest BCUT2D eigenvalue weighted by atomic mass is 32.2. The normalized spacial score (nSPS) is 15.1. The van der Waals surface area contributed by atoms with E-state index in [1.807, 2.05) is 0 Å². The van der Waals surface area contributed by atoms with E-state index in [2.05, 4.69) is 15.1 Å². The number of ether oxygens (including phenoxy) is 2. The monoisotopic (exact) mass is 509 g/mol. The molecule has 1 saturated heterocycles. The van der Waals surface area contributed by atoms with Gasteiger partial charge in [-0.1, -0.05) is 0 Å². The number of likely N-dealkylation sites (tertiary alicyclic amines) is 1. The van der Waals surface area contributed by atoms with Crippen LogP contribution in [0.4, 0.5) is 9.18 Å². The van der Waals surface area contributed by atoms with Crippen molar-refractivity contribution in [1.29, 1.82) is 0 Å². The average molecular weight is 510 g/mol. The number of nitrogens with zero attached hydrogens (tertiary/aromatic N) is 5. The zero-order chi connectivity index (χ0) is 24.3. The minimum atomic E-state index is -3.53. The van der Waals surface area contributed by atoms with Crippen LogP contribution in [-0.4, -0.2) is 84.1 Å². The predicted molar refractivity (Wildman–Crippen MR) is 123 cm³/mol. The molecular formula is C21H24FN5O5S2. The number of carbonyl (C=O) groups excluding carboxylic acids is 1. The lowest BCUT2D eigenvalue weighted by Gasteiger charge is -2.30. The van der Waals surface area contributed by atoms with Crippen molar-refractivity contribution in [3.63, 3.8) is 0 Å². The van der Waals surface area contributed by atoms with Crippen LogP contribution in [0.3, 0.4) is 0 Å². The number of halogens is 1. The van der Waals surface area contributed by atoms with Gasteiger partial charge in [0.15, 0.2) is 15.5 Å². The summed E-state index contributed by atoms with van der Waals surface area (Å²) in [4.78, 5) is 22.3. The molecule has 0 saturated carbocycles. The Morgan fingerprint density at radius 3 is 2.68 bits per heavy atom. The van der Waals surface area contributed by atoms with Gasteiger partial charge in [-0.05, 0) is 31.0 Å². The SMILES string of the molecule is COCCOC(=O)N1CCC(Sc2ncnc3c2cnn3-c2ccc(S(C)(=O)=O)cc2F)CC1. The van der Waals surface area contributed by atoms with Crippen LogP contribution in [0.1, 0.15) is 12.8 Å². The highest BCUT2D eigenvalue weighted by molar-refractivity contribution is 8.00. The third-order valence-corrected chi connectivity index (χ3v) is 7.86. The number of thioether (sulfide) groups is 1. The van der Waals surface area contributed by atoms with E-state index in [9.17, 15) is 17.6 Å². The van der Waals surface area contributed by atoms with E-state index < -0.39 is 15.7 Å². The largest absolute Gasteiger partial charge is 0.447 e. The van der Waals surface area contributed by atoms with Crippen molar-refractivity contribution in [2.45, 2.75) is 28.0 Å². The molecule has 1 aliphatic heterocycles. The van der Waals surface area contributed by atoms with E-state index in [0.29, 0.717) is 35.8 Å². The Labute approximate surface area is 200 Å². The van der Waals surface area contributed by atoms with E-state index in [-0.39, 0.29) is 28.5 Å². The lowest BCUT2D eigenvalue weighted by atomic mass is 10.1. The van der Waals surface area contributed by atoms with Gasteiger partial charge >= 0.3 is 6.09 Å². The second kappa shape index (κ2) is 10.2. The molecule has 0 atom stereocenters. The molecule has 0 aliphatic carbocycles. The third-order valence-electron chi connectivity index (χ3n) is 5.40. The molecular weight excluding hydrogens is 485 g/mol. The van der Waals surface area contributed by atoms with E-state index in [1.165, 1.54) is 23.1 Å². The Hall–Kier alpha value is -2.77. The van der Waals surface area contributed by atoms with Gasteiger partial charge in [-0.2, -0.15) is 5.10 Å². The molecule has 2 aromatic heterocycles. The highest BCUT2D eigenvalue weighted by Crippen LogP contribution is 2.33. The molecule has 10 nitrogen and oxygen atoms in total. The van der Waals surface area contributed by atoms with Crippen molar-refractivity contribution in [2.24, 2.45) is 0 Å². The van der Waals surface area contributed by atoms with Crippen LogP contribution >= 0.6 is 11.8 Å². The van der Waals surface area contributed by atoms with Crippen LogP contribution in [0.15, 0.2) is 40.6 Å². The van der Waals surface area contributed by atoms with Crippen molar-refractivity contribution < 1.29 is 27.1 Å². The minimum Gasteiger partial charge on any atom is -0.447 e. The van der Waals surface area contributed by atoms with Gasteiger partial charge in [0.1, 0.15) is 29.5 Å². The van der Waals surface area contributed by atoms with E-state index in [4.69, 9.17) is 9.47 Å². The number of methoxy groups -OCH3 is 1. The maximum atomic E-state index is 14.7. The topological polar surface area (TPSA) is 117 Å². The van der Waals surface area contributed by atoms with Crippen molar-refractivity contribution in [2.75, 3.05) is 39.7 Å². The molecule has 1 aliphatic rings. The molecule has 1 fully saturated rings. The Kier molecular flexibility index (Phi) is 7.33. The molecule has 3 aromatic rings. The van der Waals surface area contributed by atoms with Crippen LogP contribution in [0.5, 0.6) is 0 Å². The number of piperidine rings is 1. The number of aromatic nitrogens is 4. The first-order chi connectivity index (χ1) is 16.3. The Morgan fingerprint density at radius 1 is 1.24 bits per heavy atom. The Bertz CT molecular complexity index is 1290. The summed E-state index contributed by atoms with van der Waals surface area (Å²) >= 11 is 1.57. The van der Waals surface area contributed by atoms with E-state index in [0.717, 1.165) is 25.2 Å². The number of fused-ring (bicyclic) bond motifs is 1. The van der Waals surface area contributed by atoms with Crippen molar-refractivity contribution in [3.05, 3.63) is 36.5 Å². The zero-order valence-corrected chi connectivity index (χ0v) is 20.3. The van der Waals surface area contributed by atoms with Crippen molar-refractivity contribution in [1.82, 2.24) is 24.6 Å². The van der Waals surface area contributed by atoms with Gasteiger partial charge in [0.2, 0.25) is 0 Å². The molecule has 0 radical (unpaired) electrons. The second-order valence-electron chi connectivity index (χ2n) is 7.77. The van der Waals surface area contributed by atoms with Gasteiger partial charge in [0.25, 0.3) is 0 Å². The number of hydrogen-bond acceptors (Lipinski definition) is 9. The number of amides is 1. The van der Waals surface area contributed by atoms with Gasteiger partial charge in [-0.25, -0.2) is 32.3 Å². The maximum Gasteiger partial charge on any atom is 0.409 e. The van der Waals surface area contributed by atoms with Crippen LogP contribution in [0.2, 0.25) is 0 Å². The van der Waals surface area contributed by atoms with E-state index >= 15 is 0 Å². The van der Waals surface area contributed by atoms with Gasteiger partial charge < -0.3 is 14.4 Å². The lowest BCUT2D eigenvalue weighted by molar-refractivity contribution is 0.0678. The average Bonchev–Trinajstić information content (AvgIpc) is 3.24. The molecule has 34 heavy (non-hydrogen) atoms. The fourth-order valence-electron chi connectivity index (χ4n) is 3.60. The minimum absolute atomic E-state index is 0.0948. The summed E-state index contributed by atoms with van der Waals surface area (Å²) < 4.78 is 49.5. The van der Waals surface area contributed by atoms with Gasteiger partial charge in [-0.3, -0.25) is 0 Å². The van der Waals surface area contributed by atoms with Crippen LogP contribution in [0.25, 0.3) is 16.7 Å². The molecule has 1 amide bonds. The highest BCUT2D eigenvalue weighted by Gasteiger charge is 2.26. The molecule has 3 heterocycles. The molecule has 1 aromatic carbocycles. The van der Waals surface area contributed by atoms with Crippen LogP contribution < -0.4 is 0 Å². The number of rotatable bonds is 7. The summed E-state index contributed by atoms with van der Waals surface area (Å²) in [6, 6.07) is 3.68. The van der Waals surface area contributed by atoms with Gasteiger partial charge in [0, 0.05) is 31.7 Å². The number of hydrogen-bond donors (Lipinski definition) is 0. The zero-order valence-electron chi connectivity index (χ0n) is 18.7. The molecule has 182 valence electrons. The first kappa shape index (κ1) is 24.4. The number of benzene rings is 1. The van der Waals surface area contributed by atoms with Crippen LogP contribution in [-0.2, 0) is 19.3 Å². The number of carbonyl (C=O) groups is 1. The van der Waals surface area contributed by atoms with E-state index in [1.54, 1.807) is 30.0 Å². The second-order valence-corrected chi connectivity index (χ2v) is 11.1. The fraction of sp³-hybridized carbons (Fsp3) is 0.429. The van der Waals surface area contributed by atoms with Gasteiger partial charge in [0.05, 0.1) is 23.1 Å². The standard InChI is InChI=1S/C21H24FN5O5S2/c1-31-9-10-32-21(28)26-7-5-14(6-8-26)33-20-16-12-25-27(19(16)23-13-24-20)18-4-3-15(11-17(18)22)34(2,29)30/h3-4,11-14H,5-10H2,1-2H3. The summed E-state index contributed by atoms with van der Waals surface area (Å²) in [6.45, 7) is 1.75. The predicted octanol–water partition coefficient (Wildman–Crippen LogP) is 2.70. The Balaban J connectivity index is 1.48. The summed E-state index contributed by atoms with van der Waals surface area (Å²) in [7, 11) is -1.98. The molecule has 0 spiro atoms. The molecule has 13 heteroatoms. The number of sulfone groups is 1. The summed E-state index contributed by atoms with van der Waals surface area (Å²) in [5, 5.41) is 5.89. The summed E-state index contributed by atoms with van der Waals surface area (Å²) in [5.74, 6) is -0.717. The quantitative estimate of drug-likeness (QED) is 0.350. The smallest absolute Gasteiger partial charge is 0.409 e. The Morgan fingerprint density at radius 2 is 2.00 bits per heavy atom. The van der Waals surface area contributed by atoms with Crippen molar-refractivity contribution in [3.8, 4) is 5.69 Å². The first-order valence-electron chi connectivity index (χ1n) is 10.5. The maximum absolute atomic E-state index is 14.7. The van der Waals surface area contributed by atoms with Gasteiger partial charge in [-0.15, -0.1) is 11.8 Å². The summed E-state index contributed by atoms with van der Waals surface area (Å²) in [6.07, 6.45) is 5.19. The third kappa shape index (κ3) is 5.31. The summed E-state index contributed by atoms with van der Waals surface area (Å²) in [5.41, 5.74) is 0.514. The molecule has 0 unspecified atom stereocenters. The molecule has 0 bridgehead atoms. The lowest BCUT2D eigenvalue weighted by Crippen LogP contribution is -2.40. The molecule has 4 rings (SSSR count). The fourth-order valence-corrected chi connectivity index (χ4v) is 5.37. The molecule has 0 N–H and O–H groups in total. The first-order valence-corrected chi connectivity index (χ1v) is 13.3. The van der Waals surface area contributed by atoms with Crippen LogP contribution in [0, 0.1) is 5.82 Å². The van der Waals surface area contributed by atoms with Crippen molar-refractivity contribution >= 4 is 38.7 Å².